The summed E-state index contributed by atoms with van der Waals surface area (Å²) in [6.07, 6.45) is 3.70. The van der Waals surface area contributed by atoms with Gasteiger partial charge in [0.05, 0.1) is 0 Å². The number of nitrogens with zero attached hydrogens (tertiary/aromatic N) is 4. The van der Waals surface area contributed by atoms with Gasteiger partial charge in [0.25, 0.3) is 0 Å². The van der Waals surface area contributed by atoms with Crippen molar-refractivity contribution in [3.05, 3.63) is 35.9 Å². The number of piperidine rings is 1. The Bertz CT molecular complexity index is 602. The van der Waals surface area contributed by atoms with Gasteiger partial charge in [-0.3, -0.25) is 4.99 Å². The monoisotopic (exact) mass is 385 g/mol. The van der Waals surface area contributed by atoms with Crippen molar-refractivity contribution < 1.29 is 0 Å². The molecule has 0 amide bonds. The van der Waals surface area contributed by atoms with Crippen LogP contribution in [0.15, 0.2) is 35.3 Å². The maximum atomic E-state index is 4.60. The van der Waals surface area contributed by atoms with E-state index in [0.29, 0.717) is 11.8 Å². The molecule has 2 aliphatic rings. The fraction of sp³-hybridized carbons (Fsp3) is 0.696. The van der Waals surface area contributed by atoms with Gasteiger partial charge in [0.15, 0.2) is 5.96 Å². The van der Waals surface area contributed by atoms with E-state index in [1.165, 1.54) is 51.0 Å². The number of guanidine groups is 1. The van der Waals surface area contributed by atoms with Gasteiger partial charge in [-0.1, -0.05) is 43.7 Å². The normalized spacial score (nSPS) is 25.5. The van der Waals surface area contributed by atoms with Crippen LogP contribution in [-0.2, 0) is 0 Å². The lowest BCUT2D eigenvalue weighted by Crippen LogP contribution is -2.49. The van der Waals surface area contributed by atoms with Crippen molar-refractivity contribution >= 4 is 5.96 Å². The number of nitrogens with one attached hydrogen (secondary N) is 1. The number of hydrogen-bond donors (Lipinski definition) is 1. The highest BCUT2D eigenvalue weighted by molar-refractivity contribution is 5.80. The lowest BCUT2D eigenvalue weighted by Gasteiger charge is -2.40. The third-order valence-corrected chi connectivity index (χ3v) is 6.52. The summed E-state index contributed by atoms with van der Waals surface area (Å²) >= 11 is 0. The van der Waals surface area contributed by atoms with Crippen LogP contribution < -0.4 is 5.32 Å². The first kappa shape index (κ1) is 21.1. The summed E-state index contributed by atoms with van der Waals surface area (Å²) in [5, 5.41) is 3.64. The van der Waals surface area contributed by atoms with E-state index in [0.717, 1.165) is 32.1 Å². The lowest BCUT2D eigenvalue weighted by molar-refractivity contribution is 0.214. The Morgan fingerprint density at radius 1 is 1.11 bits per heavy atom. The number of aliphatic imine (C=N–C) groups is 1. The summed E-state index contributed by atoms with van der Waals surface area (Å²) in [5.74, 6) is 2.45. The zero-order valence-corrected chi connectivity index (χ0v) is 18.1. The van der Waals surface area contributed by atoms with Gasteiger partial charge in [-0.2, -0.15) is 0 Å². The molecule has 1 N–H and O–H groups in total. The predicted molar refractivity (Wildman–Crippen MR) is 119 cm³/mol. The molecule has 28 heavy (non-hydrogen) atoms. The van der Waals surface area contributed by atoms with E-state index in [2.05, 4.69) is 69.3 Å². The minimum atomic E-state index is 0.676. The van der Waals surface area contributed by atoms with Crippen molar-refractivity contribution in [3.8, 4) is 0 Å². The number of benzene rings is 1. The Balaban J connectivity index is 1.49. The van der Waals surface area contributed by atoms with E-state index in [4.69, 9.17) is 0 Å². The Kier molecular flexibility index (Phi) is 8.16. The van der Waals surface area contributed by atoms with E-state index in [1.807, 2.05) is 7.05 Å². The Labute approximate surface area is 171 Å². The van der Waals surface area contributed by atoms with Crippen LogP contribution in [0.5, 0.6) is 0 Å². The maximum absolute atomic E-state index is 4.60. The minimum absolute atomic E-state index is 0.676. The van der Waals surface area contributed by atoms with Crippen LogP contribution >= 0.6 is 0 Å². The van der Waals surface area contributed by atoms with E-state index < -0.39 is 0 Å². The van der Waals surface area contributed by atoms with Gasteiger partial charge in [0.2, 0.25) is 0 Å². The number of hydrogen-bond acceptors (Lipinski definition) is 3. The molecule has 0 spiro atoms. The average molecular weight is 386 g/mol. The Morgan fingerprint density at radius 3 is 2.68 bits per heavy atom. The lowest BCUT2D eigenvalue weighted by atomic mass is 9.79. The molecular formula is C23H39N5. The van der Waals surface area contributed by atoms with E-state index in [1.54, 1.807) is 0 Å². The second-order valence-corrected chi connectivity index (χ2v) is 8.39. The summed E-state index contributed by atoms with van der Waals surface area (Å²) in [5.41, 5.74) is 1.50. The molecule has 0 saturated carbocycles. The highest BCUT2D eigenvalue weighted by atomic mass is 15.3. The summed E-state index contributed by atoms with van der Waals surface area (Å²) in [6, 6.07) is 11.1. The van der Waals surface area contributed by atoms with Crippen LogP contribution in [0.25, 0.3) is 0 Å². The predicted octanol–water partition coefficient (Wildman–Crippen LogP) is 2.72. The maximum Gasteiger partial charge on any atom is 0.193 e. The van der Waals surface area contributed by atoms with E-state index in [9.17, 15) is 0 Å². The zero-order chi connectivity index (χ0) is 19.8. The Morgan fingerprint density at radius 2 is 1.93 bits per heavy atom. The molecule has 3 rings (SSSR count). The molecule has 2 saturated heterocycles. The summed E-state index contributed by atoms with van der Waals surface area (Å²) in [7, 11) is 4.15. The van der Waals surface area contributed by atoms with Gasteiger partial charge < -0.3 is 20.0 Å². The number of likely N-dealkylation sites (tertiary alicyclic amines) is 1. The Hall–Kier alpha value is -1.59. The molecular weight excluding hydrogens is 346 g/mol. The van der Waals surface area contributed by atoms with Crippen LogP contribution in [0.2, 0.25) is 0 Å². The molecule has 5 heteroatoms. The SMILES string of the molecule is CCC1CN(C(=NC)NCCN2CCCN(C)CC2)CCC1c1ccccc1. The molecule has 2 unspecified atom stereocenters. The van der Waals surface area contributed by atoms with Crippen molar-refractivity contribution in [1.29, 1.82) is 0 Å². The fourth-order valence-electron chi connectivity index (χ4n) is 4.76. The van der Waals surface area contributed by atoms with Crippen molar-refractivity contribution in [2.45, 2.75) is 32.1 Å². The molecule has 2 heterocycles. The van der Waals surface area contributed by atoms with Crippen molar-refractivity contribution in [2.24, 2.45) is 10.9 Å². The van der Waals surface area contributed by atoms with Crippen LogP contribution in [0, 0.1) is 5.92 Å². The van der Waals surface area contributed by atoms with Gasteiger partial charge in [-0.15, -0.1) is 0 Å². The van der Waals surface area contributed by atoms with Gasteiger partial charge in [-0.05, 0) is 50.4 Å². The summed E-state index contributed by atoms with van der Waals surface area (Å²) in [4.78, 5) is 12.1. The third kappa shape index (κ3) is 5.71. The second kappa shape index (κ2) is 10.8. The first-order valence-corrected chi connectivity index (χ1v) is 11.1. The first-order valence-electron chi connectivity index (χ1n) is 11.1. The van der Waals surface area contributed by atoms with Crippen LogP contribution in [-0.4, -0.2) is 87.1 Å². The molecule has 0 bridgehead atoms. The molecule has 0 aliphatic carbocycles. The first-order chi connectivity index (χ1) is 13.7. The third-order valence-electron chi connectivity index (χ3n) is 6.52. The fourth-order valence-corrected chi connectivity index (χ4v) is 4.76. The molecule has 2 aliphatic heterocycles. The molecule has 1 aromatic rings. The van der Waals surface area contributed by atoms with Gasteiger partial charge >= 0.3 is 0 Å². The van der Waals surface area contributed by atoms with E-state index >= 15 is 0 Å². The largest absolute Gasteiger partial charge is 0.355 e. The smallest absolute Gasteiger partial charge is 0.193 e. The van der Waals surface area contributed by atoms with Gasteiger partial charge in [0.1, 0.15) is 0 Å². The second-order valence-electron chi connectivity index (χ2n) is 8.39. The molecule has 5 nitrogen and oxygen atoms in total. The molecule has 2 fully saturated rings. The summed E-state index contributed by atoms with van der Waals surface area (Å²) < 4.78 is 0. The number of likely N-dealkylation sites (N-methyl/N-ethyl adjacent to an activating group) is 1. The van der Waals surface area contributed by atoms with Crippen LogP contribution in [0.3, 0.4) is 0 Å². The van der Waals surface area contributed by atoms with Crippen molar-refractivity contribution in [1.82, 2.24) is 20.0 Å². The molecule has 2 atom stereocenters. The minimum Gasteiger partial charge on any atom is -0.355 e. The zero-order valence-electron chi connectivity index (χ0n) is 18.1. The topological polar surface area (TPSA) is 34.1 Å². The van der Waals surface area contributed by atoms with Crippen LogP contribution in [0.4, 0.5) is 0 Å². The summed E-state index contributed by atoms with van der Waals surface area (Å²) in [6.45, 7) is 11.4. The molecule has 0 radical (unpaired) electrons. The van der Waals surface area contributed by atoms with E-state index in [-0.39, 0.29) is 0 Å². The molecule has 0 aromatic heterocycles. The van der Waals surface area contributed by atoms with Crippen LogP contribution in [0.1, 0.15) is 37.7 Å². The van der Waals surface area contributed by atoms with Gasteiger partial charge in [0, 0.05) is 46.3 Å². The highest BCUT2D eigenvalue weighted by Crippen LogP contribution is 2.34. The van der Waals surface area contributed by atoms with Crippen molar-refractivity contribution in [3.63, 3.8) is 0 Å². The number of rotatable bonds is 5. The van der Waals surface area contributed by atoms with Crippen molar-refractivity contribution in [2.75, 3.05) is 66.5 Å². The molecule has 156 valence electrons. The standard InChI is InChI=1S/C23H39N5/c1-4-20-19-28(15-11-22(20)21-9-6-5-7-10-21)23(24-2)25-12-16-27-14-8-13-26(3)17-18-27/h5-7,9-10,20,22H,4,8,11-19H2,1-3H3,(H,24,25). The van der Waals surface area contributed by atoms with Gasteiger partial charge in [-0.25, -0.2) is 0 Å². The molecule has 1 aromatic carbocycles. The highest BCUT2D eigenvalue weighted by Gasteiger charge is 2.30. The average Bonchev–Trinajstić information content (AvgIpc) is 2.95. The quantitative estimate of drug-likeness (QED) is 0.624.